The molecule has 0 aliphatic heterocycles. The van der Waals surface area contributed by atoms with Crippen molar-refractivity contribution in [2.45, 2.75) is 14.7 Å². The maximum absolute atomic E-state index is 11.3. The molecule has 0 spiro atoms. The van der Waals surface area contributed by atoms with Crippen LogP contribution >= 0.6 is 32.0 Å². The summed E-state index contributed by atoms with van der Waals surface area (Å²) < 4.78 is 67.2. The molecule has 0 heterocycles. The minimum absolute atomic E-state index is 0.187. The van der Waals surface area contributed by atoms with Crippen molar-refractivity contribution in [2.24, 2.45) is 0 Å². The zero-order chi connectivity index (χ0) is 16.1. The maximum atomic E-state index is 11.3. The molecule has 0 amide bonds. The average molecular weight is 406 g/mol. The van der Waals surface area contributed by atoms with Gasteiger partial charge in [0, 0.05) is 38.1 Å². The molecule has 0 bridgehead atoms. The van der Waals surface area contributed by atoms with Crippen molar-refractivity contribution in [3.8, 4) is 11.5 Å². The highest BCUT2D eigenvalue weighted by Gasteiger charge is 2.35. The fourth-order valence-corrected chi connectivity index (χ4v) is 5.39. The van der Waals surface area contributed by atoms with Gasteiger partial charge in [-0.3, -0.25) is 0 Å². The number of aromatic hydroxyl groups is 2. The van der Waals surface area contributed by atoms with E-state index in [1.807, 2.05) is 0 Å². The number of hydrogen-bond donors (Lipinski definition) is 2. The van der Waals surface area contributed by atoms with Crippen molar-refractivity contribution in [3.63, 3.8) is 0 Å². The van der Waals surface area contributed by atoms with Crippen LogP contribution in [0.2, 0.25) is 0 Å². The lowest BCUT2D eigenvalue weighted by molar-refractivity contribution is 0.408. The molecule has 0 saturated carbocycles. The Morgan fingerprint density at radius 1 is 0.750 bits per heavy atom. The molecule has 114 valence electrons. The van der Waals surface area contributed by atoms with Gasteiger partial charge in [-0.2, -0.15) is 0 Å². The summed E-state index contributed by atoms with van der Waals surface area (Å²) in [6.07, 6.45) is 0. The Morgan fingerprint density at radius 3 is 1.45 bits per heavy atom. The third-order valence-corrected chi connectivity index (χ3v) is 6.10. The predicted molar refractivity (Wildman–Crippen MR) is 68.9 cm³/mol. The fourth-order valence-electron chi connectivity index (χ4n) is 1.25. The highest BCUT2D eigenvalue weighted by Crippen LogP contribution is 2.44. The highest BCUT2D eigenvalue weighted by atomic mass is 35.7. The highest BCUT2D eigenvalue weighted by molar-refractivity contribution is 8.16. The molecule has 1 rings (SSSR count). The Morgan fingerprint density at radius 2 is 1.15 bits per heavy atom. The third-order valence-electron chi connectivity index (χ3n) is 1.90. The van der Waals surface area contributed by atoms with Crippen LogP contribution in [0.25, 0.3) is 0 Å². The van der Waals surface area contributed by atoms with Crippen LogP contribution in [-0.2, 0) is 27.2 Å². The van der Waals surface area contributed by atoms with Gasteiger partial charge in [0.05, 0.1) is 0 Å². The Hall–Kier alpha value is -0.460. The number of phenols is 2. The second-order valence-electron chi connectivity index (χ2n) is 3.21. The van der Waals surface area contributed by atoms with E-state index in [0.29, 0.717) is 0 Å². The lowest BCUT2D eigenvalue weighted by atomic mass is 10.3. The van der Waals surface area contributed by atoms with Crippen molar-refractivity contribution in [1.82, 2.24) is 0 Å². The number of hydrogen-bond acceptors (Lipinski definition) is 8. The first-order valence-corrected chi connectivity index (χ1v) is 11.0. The summed E-state index contributed by atoms with van der Waals surface area (Å²) in [5, 5.41) is 19.0. The third kappa shape index (κ3) is 3.40. The van der Waals surface area contributed by atoms with Crippen molar-refractivity contribution < 1.29 is 35.5 Å². The van der Waals surface area contributed by atoms with E-state index in [-0.39, 0.29) is 6.07 Å². The van der Waals surface area contributed by atoms with Gasteiger partial charge in [-0.05, 0) is 0 Å². The first-order chi connectivity index (χ1) is 8.67. The van der Waals surface area contributed by atoms with Crippen LogP contribution in [0.5, 0.6) is 11.5 Å². The molecule has 8 nitrogen and oxygen atoms in total. The molecule has 0 saturated heterocycles. The normalized spacial score (nSPS) is 13.3. The van der Waals surface area contributed by atoms with Crippen molar-refractivity contribution in [1.29, 1.82) is 0 Å². The molecule has 14 heteroatoms. The van der Waals surface area contributed by atoms with Gasteiger partial charge in [0.15, 0.2) is 10.6 Å². The molecular formula is C6H3Cl3O8S3. The van der Waals surface area contributed by atoms with Gasteiger partial charge in [0.1, 0.15) is 15.5 Å². The van der Waals surface area contributed by atoms with E-state index in [1.165, 1.54) is 0 Å². The van der Waals surface area contributed by atoms with Crippen molar-refractivity contribution in [3.05, 3.63) is 6.07 Å². The van der Waals surface area contributed by atoms with E-state index in [4.69, 9.17) is 32.0 Å². The molecular weight excluding hydrogens is 403 g/mol. The number of phenolic OH excluding ortho intramolecular Hbond substituents is 2. The topological polar surface area (TPSA) is 143 Å². The van der Waals surface area contributed by atoms with Gasteiger partial charge < -0.3 is 10.2 Å². The first-order valence-electron chi connectivity index (χ1n) is 4.10. The Labute approximate surface area is 126 Å². The van der Waals surface area contributed by atoms with Crippen molar-refractivity contribution >= 4 is 59.2 Å². The molecule has 2 N–H and O–H groups in total. The van der Waals surface area contributed by atoms with Crippen LogP contribution in [0.3, 0.4) is 0 Å². The molecule has 0 aromatic heterocycles. The molecule has 0 aliphatic rings. The first kappa shape index (κ1) is 17.6. The smallest absolute Gasteiger partial charge is 0.268 e. The zero-order valence-electron chi connectivity index (χ0n) is 8.78. The summed E-state index contributed by atoms with van der Waals surface area (Å²) in [6.45, 7) is 0. The summed E-state index contributed by atoms with van der Waals surface area (Å²) in [5.74, 6) is -2.98. The molecule has 0 atom stereocenters. The zero-order valence-corrected chi connectivity index (χ0v) is 13.5. The molecule has 1 aromatic rings. The Bertz CT molecular complexity index is 884. The van der Waals surface area contributed by atoms with Crippen LogP contribution in [-0.4, -0.2) is 35.5 Å². The van der Waals surface area contributed by atoms with Gasteiger partial charge in [-0.25, -0.2) is 25.3 Å². The van der Waals surface area contributed by atoms with Gasteiger partial charge in [0.2, 0.25) is 0 Å². The molecule has 0 fully saturated rings. The molecule has 1 aromatic carbocycles. The molecule has 0 unspecified atom stereocenters. The molecule has 0 radical (unpaired) electrons. The monoisotopic (exact) mass is 404 g/mol. The summed E-state index contributed by atoms with van der Waals surface area (Å²) in [6, 6.07) is 0.187. The maximum Gasteiger partial charge on any atom is 0.268 e. The van der Waals surface area contributed by atoms with E-state index >= 15 is 0 Å². The van der Waals surface area contributed by atoms with Crippen LogP contribution < -0.4 is 0 Å². The standard InChI is InChI=1S/C6H3Cl3O8S3/c7-18(12,13)3-1-2(10)5(19(8,14)15)4(11)6(3)20(9,16)17/h1,10-11H. The van der Waals surface area contributed by atoms with E-state index in [0.717, 1.165) is 0 Å². The minimum atomic E-state index is -4.92. The average Bonchev–Trinajstić information content (AvgIpc) is 2.09. The quantitative estimate of drug-likeness (QED) is 0.705. The van der Waals surface area contributed by atoms with E-state index in [9.17, 15) is 35.5 Å². The summed E-state index contributed by atoms with van der Waals surface area (Å²) in [5.41, 5.74) is 0. The Balaban J connectivity index is 4.19. The van der Waals surface area contributed by atoms with E-state index in [2.05, 4.69) is 0 Å². The predicted octanol–water partition coefficient (Wildman–Crippen LogP) is 0.880. The number of benzene rings is 1. The number of halogens is 3. The van der Waals surface area contributed by atoms with Gasteiger partial charge in [0.25, 0.3) is 27.2 Å². The summed E-state index contributed by atoms with van der Waals surface area (Å²) >= 11 is 0. The van der Waals surface area contributed by atoms with E-state index < -0.39 is 53.3 Å². The van der Waals surface area contributed by atoms with Crippen LogP contribution in [0, 0.1) is 0 Å². The molecule has 20 heavy (non-hydrogen) atoms. The largest absolute Gasteiger partial charge is 0.506 e. The fraction of sp³-hybridized carbons (Fsp3) is 0. The number of rotatable bonds is 3. The lowest BCUT2D eigenvalue weighted by Crippen LogP contribution is -2.05. The second-order valence-corrected chi connectivity index (χ2v) is 10.8. The van der Waals surface area contributed by atoms with Crippen molar-refractivity contribution in [2.75, 3.05) is 0 Å². The van der Waals surface area contributed by atoms with Gasteiger partial charge in [-0.1, -0.05) is 0 Å². The Kier molecular flexibility index (Phi) is 4.46. The summed E-state index contributed by atoms with van der Waals surface area (Å²) in [4.78, 5) is -4.22. The minimum Gasteiger partial charge on any atom is -0.506 e. The van der Waals surface area contributed by atoms with Crippen LogP contribution in [0.4, 0.5) is 0 Å². The molecule has 0 aliphatic carbocycles. The SMILES string of the molecule is O=S(=O)(Cl)c1cc(O)c(S(=O)(=O)Cl)c(O)c1S(=O)(=O)Cl. The van der Waals surface area contributed by atoms with Gasteiger partial charge >= 0.3 is 0 Å². The lowest BCUT2D eigenvalue weighted by Gasteiger charge is -2.11. The van der Waals surface area contributed by atoms with Crippen LogP contribution in [0.1, 0.15) is 0 Å². The van der Waals surface area contributed by atoms with E-state index in [1.54, 1.807) is 0 Å². The summed E-state index contributed by atoms with van der Waals surface area (Å²) in [7, 11) is 0.240. The second kappa shape index (κ2) is 5.07. The van der Waals surface area contributed by atoms with Crippen LogP contribution in [0.15, 0.2) is 20.8 Å². The van der Waals surface area contributed by atoms with Gasteiger partial charge in [-0.15, -0.1) is 0 Å².